The molecule has 0 radical (unpaired) electrons. The third kappa shape index (κ3) is 5.19. The van der Waals surface area contributed by atoms with Crippen LogP contribution in [-0.2, 0) is 4.79 Å². The SMILES string of the molecule is NCC1CCCC(CN=C(Nc2cccc(F)c2)N2CCC3(CC2)C(=O)NCN3c2ccccc2)C1. The minimum Gasteiger partial charge on any atom is -0.343 e. The summed E-state index contributed by atoms with van der Waals surface area (Å²) < 4.78 is 13.9. The van der Waals surface area contributed by atoms with Crippen LogP contribution in [0.2, 0.25) is 0 Å². The van der Waals surface area contributed by atoms with Gasteiger partial charge in [-0.05, 0) is 80.8 Å². The maximum atomic E-state index is 13.9. The van der Waals surface area contributed by atoms with Crippen molar-refractivity contribution in [3.63, 3.8) is 0 Å². The normalized spacial score (nSPS) is 24.2. The Morgan fingerprint density at radius 1 is 1.11 bits per heavy atom. The summed E-state index contributed by atoms with van der Waals surface area (Å²) >= 11 is 0. The quantitative estimate of drug-likeness (QED) is 0.437. The number of carbonyl (C=O) groups excluding carboxylic acids is 1. The van der Waals surface area contributed by atoms with Gasteiger partial charge in [-0.1, -0.05) is 30.7 Å². The molecule has 1 saturated carbocycles. The van der Waals surface area contributed by atoms with Crippen molar-refractivity contribution < 1.29 is 9.18 Å². The lowest BCUT2D eigenvalue weighted by Gasteiger charge is -2.44. The Morgan fingerprint density at radius 3 is 2.64 bits per heavy atom. The van der Waals surface area contributed by atoms with Gasteiger partial charge in [-0.15, -0.1) is 0 Å². The number of rotatable bonds is 5. The summed E-state index contributed by atoms with van der Waals surface area (Å²) in [4.78, 5) is 22.5. The second kappa shape index (κ2) is 10.9. The lowest BCUT2D eigenvalue weighted by atomic mass is 9.81. The molecule has 1 spiro atoms. The predicted molar refractivity (Wildman–Crippen MR) is 142 cm³/mol. The summed E-state index contributed by atoms with van der Waals surface area (Å²) in [5.41, 5.74) is 7.13. The highest BCUT2D eigenvalue weighted by molar-refractivity contribution is 5.96. The summed E-state index contributed by atoms with van der Waals surface area (Å²) in [5, 5.41) is 6.45. The number of hydrogen-bond donors (Lipinski definition) is 3. The number of carbonyl (C=O) groups is 1. The van der Waals surface area contributed by atoms with Crippen LogP contribution < -0.4 is 21.3 Å². The largest absolute Gasteiger partial charge is 0.343 e. The van der Waals surface area contributed by atoms with E-state index in [0.717, 1.165) is 31.2 Å². The van der Waals surface area contributed by atoms with Crippen LogP contribution in [0.15, 0.2) is 59.6 Å². The highest BCUT2D eigenvalue weighted by Gasteiger charge is 2.50. The molecule has 3 aliphatic rings. The second-order valence-electron chi connectivity index (χ2n) is 10.4. The smallest absolute Gasteiger partial charge is 0.247 e. The summed E-state index contributed by atoms with van der Waals surface area (Å²) in [6.07, 6.45) is 6.07. The lowest BCUT2D eigenvalue weighted by molar-refractivity contribution is -0.124. The maximum Gasteiger partial charge on any atom is 0.247 e. The van der Waals surface area contributed by atoms with E-state index >= 15 is 0 Å². The van der Waals surface area contributed by atoms with E-state index in [1.54, 1.807) is 6.07 Å². The van der Waals surface area contributed by atoms with E-state index in [1.807, 2.05) is 24.3 Å². The van der Waals surface area contributed by atoms with Crippen LogP contribution in [0.25, 0.3) is 0 Å². The van der Waals surface area contributed by atoms with Gasteiger partial charge in [0.1, 0.15) is 11.4 Å². The Hall–Kier alpha value is -3.13. The van der Waals surface area contributed by atoms with Crippen LogP contribution in [0.1, 0.15) is 38.5 Å². The Labute approximate surface area is 212 Å². The van der Waals surface area contributed by atoms with Crippen LogP contribution in [0, 0.1) is 17.7 Å². The van der Waals surface area contributed by atoms with Gasteiger partial charge in [0.25, 0.3) is 0 Å². The highest BCUT2D eigenvalue weighted by atomic mass is 19.1. The van der Waals surface area contributed by atoms with Crippen molar-refractivity contribution in [3.8, 4) is 0 Å². The van der Waals surface area contributed by atoms with Gasteiger partial charge in [0.15, 0.2) is 5.96 Å². The third-order valence-electron chi connectivity index (χ3n) is 8.10. The van der Waals surface area contributed by atoms with E-state index in [-0.39, 0.29) is 11.7 Å². The lowest BCUT2D eigenvalue weighted by Crippen LogP contribution is -2.58. The third-order valence-corrected chi connectivity index (χ3v) is 8.10. The van der Waals surface area contributed by atoms with Gasteiger partial charge in [-0.2, -0.15) is 0 Å². The van der Waals surface area contributed by atoms with E-state index < -0.39 is 5.54 Å². The number of nitrogens with zero attached hydrogens (tertiary/aromatic N) is 3. The van der Waals surface area contributed by atoms with Crippen LogP contribution in [-0.4, -0.2) is 55.2 Å². The fourth-order valence-corrected chi connectivity index (χ4v) is 6.03. The molecule has 2 aromatic rings. The van der Waals surface area contributed by atoms with Crippen molar-refractivity contribution in [2.75, 3.05) is 43.1 Å². The number of benzene rings is 2. The molecule has 7 nitrogen and oxygen atoms in total. The van der Waals surface area contributed by atoms with Crippen molar-refractivity contribution in [3.05, 3.63) is 60.4 Å². The van der Waals surface area contributed by atoms with Crippen LogP contribution in [0.4, 0.5) is 15.8 Å². The van der Waals surface area contributed by atoms with Crippen molar-refractivity contribution in [1.82, 2.24) is 10.2 Å². The molecule has 1 amide bonds. The van der Waals surface area contributed by atoms with E-state index in [2.05, 4.69) is 32.6 Å². The Morgan fingerprint density at radius 2 is 1.89 bits per heavy atom. The minimum absolute atomic E-state index is 0.0950. The Kier molecular flexibility index (Phi) is 7.41. The number of para-hydroxylation sites is 1. The monoisotopic (exact) mass is 492 g/mol. The molecule has 8 heteroatoms. The van der Waals surface area contributed by atoms with Crippen LogP contribution in [0.5, 0.6) is 0 Å². The maximum absolute atomic E-state index is 13.9. The van der Waals surface area contributed by atoms with Crippen molar-refractivity contribution in [2.24, 2.45) is 22.6 Å². The van der Waals surface area contributed by atoms with Gasteiger partial charge in [0, 0.05) is 31.0 Å². The molecule has 5 rings (SSSR count). The number of nitrogens with one attached hydrogen (secondary N) is 2. The summed E-state index contributed by atoms with van der Waals surface area (Å²) in [6, 6.07) is 16.6. The Bertz CT molecular complexity index is 1070. The Balaban J connectivity index is 1.33. The zero-order valence-corrected chi connectivity index (χ0v) is 20.8. The molecule has 0 bridgehead atoms. The van der Waals surface area contributed by atoms with E-state index in [9.17, 15) is 9.18 Å². The average molecular weight is 493 g/mol. The molecule has 2 aromatic carbocycles. The van der Waals surface area contributed by atoms with Gasteiger partial charge < -0.3 is 26.2 Å². The topological polar surface area (TPSA) is 86.0 Å². The van der Waals surface area contributed by atoms with Gasteiger partial charge in [0.05, 0.1) is 6.67 Å². The zero-order chi connectivity index (χ0) is 25.0. The molecular weight excluding hydrogens is 455 g/mol. The molecule has 1 aliphatic carbocycles. The number of halogens is 1. The second-order valence-corrected chi connectivity index (χ2v) is 10.4. The zero-order valence-electron chi connectivity index (χ0n) is 20.8. The van der Waals surface area contributed by atoms with E-state index in [4.69, 9.17) is 10.7 Å². The van der Waals surface area contributed by atoms with Crippen LogP contribution >= 0.6 is 0 Å². The fourth-order valence-electron chi connectivity index (χ4n) is 6.03. The van der Waals surface area contributed by atoms with E-state index in [1.165, 1.54) is 31.4 Å². The molecular formula is C28H37FN6O. The molecule has 2 aliphatic heterocycles. The molecule has 2 unspecified atom stereocenters. The molecule has 2 saturated heterocycles. The molecule has 3 fully saturated rings. The van der Waals surface area contributed by atoms with Crippen molar-refractivity contribution in [2.45, 2.75) is 44.1 Å². The first-order chi connectivity index (χ1) is 17.6. The number of nitrogens with two attached hydrogens (primary N) is 1. The molecule has 2 atom stereocenters. The van der Waals surface area contributed by atoms with Crippen molar-refractivity contribution in [1.29, 1.82) is 0 Å². The van der Waals surface area contributed by atoms with Gasteiger partial charge in [-0.3, -0.25) is 9.79 Å². The molecule has 0 aromatic heterocycles. The first kappa shape index (κ1) is 24.6. The number of hydrogen-bond acceptors (Lipinski definition) is 4. The average Bonchev–Trinajstić information content (AvgIpc) is 3.22. The molecule has 192 valence electrons. The number of likely N-dealkylation sites (tertiary alicyclic amines) is 1. The number of amides is 1. The highest BCUT2D eigenvalue weighted by Crippen LogP contribution is 2.36. The molecule has 36 heavy (non-hydrogen) atoms. The minimum atomic E-state index is -0.556. The summed E-state index contributed by atoms with van der Waals surface area (Å²) in [5.74, 6) is 1.67. The molecule has 2 heterocycles. The van der Waals surface area contributed by atoms with E-state index in [0.29, 0.717) is 50.1 Å². The van der Waals surface area contributed by atoms with Crippen LogP contribution in [0.3, 0.4) is 0 Å². The summed E-state index contributed by atoms with van der Waals surface area (Å²) in [7, 11) is 0. The molecule has 4 N–H and O–H groups in total. The number of aliphatic imine (C=N–C) groups is 1. The van der Waals surface area contributed by atoms with Gasteiger partial charge in [0.2, 0.25) is 5.91 Å². The first-order valence-corrected chi connectivity index (χ1v) is 13.2. The first-order valence-electron chi connectivity index (χ1n) is 13.2. The van der Waals surface area contributed by atoms with Crippen molar-refractivity contribution >= 4 is 23.2 Å². The standard InChI is InChI=1S/C28H37FN6O/c29-23-8-5-9-24(17-23)33-27(31-19-22-7-4-6-21(16-22)18-30)34-14-12-28(13-15-34)26(36)32-20-35(28)25-10-2-1-3-11-25/h1-3,5,8-11,17,21-22H,4,6-7,12-16,18-20,30H2,(H,31,33)(H,32,36). The number of piperidine rings is 1. The van der Waals surface area contributed by atoms with Gasteiger partial charge >= 0.3 is 0 Å². The predicted octanol–water partition coefficient (Wildman–Crippen LogP) is 3.79. The fraction of sp³-hybridized carbons (Fsp3) is 0.500. The summed E-state index contributed by atoms with van der Waals surface area (Å²) in [6.45, 7) is 3.37. The number of anilines is 2. The van der Waals surface area contributed by atoms with Gasteiger partial charge in [-0.25, -0.2) is 4.39 Å². The number of guanidine groups is 1.